The van der Waals surface area contributed by atoms with E-state index in [-0.39, 0.29) is 0 Å². The van der Waals surface area contributed by atoms with Crippen molar-refractivity contribution in [2.45, 2.75) is 51.1 Å². The molecule has 14 heavy (non-hydrogen) atoms. The summed E-state index contributed by atoms with van der Waals surface area (Å²) in [6.07, 6.45) is 7.04. The highest BCUT2D eigenvalue weighted by molar-refractivity contribution is 4.84. The van der Waals surface area contributed by atoms with Crippen molar-refractivity contribution >= 4 is 0 Å². The lowest BCUT2D eigenvalue weighted by Crippen LogP contribution is -2.41. The van der Waals surface area contributed by atoms with Crippen LogP contribution in [0.25, 0.3) is 0 Å². The third kappa shape index (κ3) is 2.29. The monoisotopic (exact) mass is 196 g/mol. The number of hydrogen-bond donors (Lipinski definition) is 1. The van der Waals surface area contributed by atoms with Gasteiger partial charge >= 0.3 is 0 Å². The normalized spacial score (nSPS) is 39.4. The van der Waals surface area contributed by atoms with Gasteiger partial charge in [-0.15, -0.1) is 0 Å². The van der Waals surface area contributed by atoms with Crippen LogP contribution >= 0.6 is 0 Å². The molecular formula is C12H24N2. The maximum Gasteiger partial charge on any atom is 0.0218 e. The van der Waals surface area contributed by atoms with Gasteiger partial charge in [0.05, 0.1) is 0 Å². The fourth-order valence-corrected chi connectivity index (χ4v) is 2.97. The van der Waals surface area contributed by atoms with E-state index < -0.39 is 0 Å². The summed E-state index contributed by atoms with van der Waals surface area (Å²) in [6, 6.07) is 1.62. The fourth-order valence-electron chi connectivity index (χ4n) is 2.97. The third-order valence-electron chi connectivity index (χ3n) is 4.15. The van der Waals surface area contributed by atoms with E-state index in [2.05, 4.69) is 24.2 Å². The molecule has 0 aromatic carbocycles. The first-order chi connectivity index (χ1) is 6.77. The Labute approximate surface area is 88.1 Å². The van der Waals surface area contributed by atoms with Crippen LogP contribution in [0.1, 0.15) is 39.0 Å². The molecule has 1 aliphatic carbocycles. The van der Waals surface area contributed by atoms with Crippen LogP contribution < -0.4 is 5.32 Å². The van der Waals surface area contributed by atoms with Gasteiger partial charge in [-0.05, 0) is 45.2 Å². The largest absolute Gasteiger partial charge is 0.312 e. The van der Waals surface area contributed by atoms with Crippen LogP contribution in [-0.2, 0) is 0 Å². The van der Waals surface area contributed by atoms with Gasteiger partial charge < -0.3 is 10.2 Å². The minimum atomic E-state index is 0.808. The van der Waals surface area contributed by atoms with Crippen molar-refractivity contribution in [1.29, 1.82) is 0 Å². The van der Waals surface area contributed by atoms with Crippen molar-refractivity contribution in [2.75, 3.05) is 20.1 Å². The lowest BCUT2D eigenvalue weighted by molar-refractivity contribution is 0.282. The zero-order valence-electron chi connectivity index (χ0n) is 9.63. The van der Waals surface area contributed by atoms with Crippen molar-refractivity contribution in [2.24, 2.45) is 5.92 Å². The van der Waals surface area contributed by atoms with E-state index in [1.807, 2.05) is 0 Å². The summed E-state index contributed by atoms with van der Waals surface area (Å²) in [6.45, 7) is 4.90. The molecule has 0 amide bonds. The zero-order chi connectivity index (χ0) is 9.97. The SMILES string of the molecule is CC1CCCC1NCC1CCCN1C. The third-order valence-corrected chi connectivity index (χ3v) is 4.15. The summed E-state index contributed by atoms with van der Waals surface area (Å²) in [4.78, 5) is 2.51. The zero-order valence-corrected chi connectivity index (χ0v) is 9.63. The summed E-state index contributed by atoms with van der Waals surface area (Å²) in [7, 11) is 2.26. The van der Waals surface area contributed by atoms with Gasteiger partial charge in [0, 0.05) is 18.6 Å². The van der Waals surface area contributed by atoms with E-state index in [0.29, 0.717) is 0 Å². The molecule has 0 bridgehead atoms. The average Bonchev–Trinajstić information content (AvgIpc) is 2.72. The van der Waals surface area contributed by atoms with E-state index in [0.717, 1.165) is 18.0 Å². The molecule has 1 saturated carbocycles. The van der Waals surface area contributed by atoms with Gasteiger partial charge in [0.1, 0.15) is 0 Å². The van der Waals surface area contributed by atoms with E-state index in [4.69, 9.17) is 0 Å². The number of rotatable bonds is 3. The van der Waals surface area contributed by atoms with Gasteiger partial charge in [-0.3, -0.25) is 0 Å². The average molecular weight is 196 g/mol. The maximum absolute atomic E-state index is 3.76. The summed E-state index contributed by atoms with van der Waals surface area (Å²) in [5.74, 6) is 0.904. The van der Waals surface area contributed by atoms with Gasteiger partial charge in [-0.2, -0.15) is 0 Å². The van der Waals surface area contributed by atoms with E-state index in [1.165, 1.54) is 45.2 Å². The molecule has 0 spiro atoms. The molecule has 2 aliphatic rings. The molecule has 0 radical (unpaired) electrons. The van der Waals surface area contributed by atoms with Crippen LogP contribution in [-0.4, -0.2) is 37.1 Å². The second kappa shape index (κ2) is 4.63. The first kappa shape index (κ1) is 10.4. The molecule has 3 unspecified atom stereocenters. The molecule has 2 heteroatoms. The Kier molecular flexibility index (Phi) is 3.45. The smallest absolute Gasteiger partial charge is 0.0218 e. The van der Waals surface area contributed by atoms with Crippen molar-refractivity contribution in [3.63, 3.8) is 0 Å². The predicted molar refractivity (Wildman–Crippen MR) is 60.5 cm³/mol. The summed E-state index contributed by atoms with van der Waals surface area (Å²) in [5, 5.41) is 3.76. The molecule has 1 saturated heterocycles. The van der Waals surface area contributed by atoms with E-state index >= 15 is 0 Å². The highest BCUT2D eigenvalue weighted by Crippen LogP contribution is 2.25. The van der Waals surface area contributed by atoms with Crippen LogP contribution in [0, 0.1) is 5.92 Å². The highest BCUT2D eigenvalue weighted by atomic mass is 15.2. The molecule has 1 heterocycles. The van der Waals surface area contributed by atoms with Crippen molar-refractivity contribution in [3.05, 3.63) is 0 Å². The highest BCUT2D eigenvalue weighted by Gasteiger charge is 2.26. The lowest BCUT2D eigenvalue weighted by Gasteiger charge is -2.24. The molecule has 2 nitrogen and oxygen atoms in total. The molecule has 3 atom stereocenters. The van der Waals surface area contributed by atoms with Crippen molar-refractivity contribution in [1.82, 2.24) is 10.2 Å². The Morgan fingerprint density at radius 2 is 2.07 bits per heavy atom. The summed E-state index contributed by atoms with van der Waals surface area (Å²) >= 11 is 0. The molecule has 82 valence electrons. The summed E-state index contributed by atoms with van der Waals surface area (Å²) < 4.78 is 0. The minimum absolute atomic E-state index is 0.808. The van der Waals surface area contributed by atoms with E-state index in [9.17, 15) is 0 Å². The molecule has 1 N–H and O–H groups in total. The van der Waals surface area contributed by atoms with Gasteiger partial charge in [0.25, 0.3) is 0 Å². The van der Waals surface area contributed by atoms with Gasteiger partial charge in [0.2, 0.25) is 0 Å². The molecular weight excluding hydrogens is 172 g/mol. The number of nitrogens with zero attached hydrogens (tertiary/aromatic N) is 1. The van der Waals surface area contributed by atoms with Crippen molar-refractivity contribution < 1.29 is 0 Å². The lowest BCUT2D eigenvalue weighted by atomic mass is 10.1. The van der Waals surface area contributed by atoms with Crippen LogP contribution in [0.15, 0.2) is 0 Å². The molecule has 0 aromatic heterocycles. The fraction of sp³-hybridized carbons (Fsp3) is 1.00. The molecule has 2 rings (SSSR count). The number of hydrogen-bond acceptors (Lipinski definition) is 2. The van der Waals surface area contributed by atoms with Crippen LogP contribution in [0.2, 0.25) is 0 Å². The number of likely N-dealkylation sites (N-methyl/N-ethyl adjacent to an activating group) is 1. The van der Waals surface area contributed by atoms with Crippen LogP contribution in [0.3, 0.4) is 0 Å². The van der Waals surface area contributed by atoms with Crippen molar-refractivity contribution in [3.8, 4) is 0 Å². The standard InChI is InChI=1S/C12H24N2/c1-10-5-3-7-12(10)13-9-11-6-4-8-14(11)2/h10-13H,3-9H2,1-2H3. The minimum Gasteiger partial charge on any atom is -0.312 e. The number of nitrogens with one attached hydrogen (secondary N) is 1. The Morgan fingerprint density at radius 3 is 2.64 bits per heavy atom. The van der Waals surface area contributed by atoms with Gasteiger partial charge in [-0.25, -0.2) is 0 Å². The van der Waals surface area contributed by atoms with Crippen LogP contribution in [0.4, 0.5) is 0 Å². The predicted octanol–water partition coefficient (Wildman–Crippen LogP) is 1.86. The topological polar surface area (TPSA) is 15.3 Å². The first-order valence-corrected chi connectivity index (χ1v) is 6.21. The molecule has 2 fully saturated rings. The maximum atomic E-state index is 3.76. The Hall–Kier alpha value is -0.0800. The second-order valence-electron chi connectivity index (χ2n) is 5.20. The first-order valence-electron chi connectivity index (χ1n) is 6.21. The number of likely N-dealkylation sites (tertiary alicyclic amines) is 1. The second-order valence-corrected chi connectivity index (χ2v) is 5.20. The molecule has 0 aromatic rings. The van der Waals surface area contributed by atoms with Gasteiger partial charge in [-0.1, -0.05) is 13.3 Å². The Morgan fingerprint density at radius 1 is 1.21 bits per heavy atom. The van der Waals surface area contributed by atoms with Gasteiger partial charge in [0.15, 0.2) is 0 Å². The Balaban J connectivity index is 1.71. The Bertz CT molecular complexity index is 161. The quantitative estimate of drug-likeness (QED) is 0.741. The molecule has 1 aliphatic heterocycles. The summed E-state index contributed by atoms with van der Waals surface area (Å²) in [5.41, 5.74) is 0. The van der Waals surface area contributed by atoms with E-state index in [1.54, 1.807) is 0 Å². The van der Waals surface area contributed by atoms with Crippen LogP contribution in [0.5, 0.6) is 0 Å².